The van der Waals surface area contributed by atoms with Gasteiger partial charge in [0.15, 0.2) is 0 Å². The predicted molar refractivity (Wildman–Crippen MR) is 102 cm³/mol. The quantitative estimate of drug-likeness (QED) is 0.860. The molecule has 3 heterocycles. The Morgan fingerprint density at radius 3 is 2.89 bits per heavy atom. The van der Waals surface area contributed by atoms with Crippen molar-refractivity contribution < 1.29 is 9.53 Å². The first-order chi connectivity index (χ1) is 13.2. The average molecular weight is 368 g/mol. The lowest BCUT2D eigenvalue weighted by atomic mass is 9.97. The summed E-state index contributed by atoms with van der Waals surface area (Å²) >= 11 is 0. The van der Waals surface area contributed by atoms with Crippen LogP contribution < -0.4 is 15.8 Å². The standard InChI is InChI=1S/C20H24N4O3/c25-19(21-13-18-17-6-2-1-5-15(17)7-10-27-18)14-24-20(26)11-16(12-22-24)23-8-3-4-9-23/h1-2,5-6,11-12,18H,3-4,7-10,13-14H2,(H,21,25). The van der Waals surface area contributed by atoms with E-state index in [0.29, 0.717) is 13.2 Å². The number of carbonyl (C=O) groups is 1. The summed E-state index contributed by atoms with van der Waals surface area (Å²) in [4.78, 5) is 26.7. The fraction of sp³-hybridized carbons (Fsp3) is 0.450. The first-order valence-corrected chi connectivity index (χ1v) is 9.49. The summed E-state index contributed by atoms with van der Waals surface area (Å²) in [5.41, 5.74) is 2.96. The van der Waals surface area contributed by atoms with Crippen molar-refractivity contribution in [2.75, 3.05) is 31.1 Å². The molecule has 142 valence electrons. The van der Waals surface area contributed by atoms with Crippen molar-refractivity contribution in [2.24, 2.45) is 0 Å². The van der Waals surface area contributed by atoms with E-state index in [1.54, 1.807) is 12.3 Å². The number of nitrogens with zero attached hydrogens (tertiary/aromatic N) is 3. The minimum Gasteiger partial charge on any atom is -0.371 e. The van der Waals surface area contributed by atoms with Gasteiger partial charge in [0.25, 0.3) is 5.56 Å². The minimum atomic E-state index is -0.256. The third kappa shape index (κ3) is 4.03. The van der Waals surface area contributed by atoms with E-state index in [1.165, 1.54) is 10.2 Å². The third-order valence-electron chi connectivity index (χ3n) is 5.20. The first kappa shape index (κ1) is 17.7. The van der Waals surface area contributed by atoms with Crippen LogP contribution in [0.2, 0.25) is 0 Å². The topological polar surface area (TPSA) is 76.5 Å². The molecule has 1 N–H and O–H groups in total. The molecule has 2 aliphatic rings. The number of hydrogen-bond donors (Lipinski definition) is 1. The van der Waals surface area contributed by atoms with Crippen LogP contribution in [0.1, 0.15) is 30.1 Å². The molecule has 0 spiro atoms. The molecule has 7 nitrogen and oxygen atoms in total. The minimum absolute atomic E-state index is 0.0898. The van der Waals surface area contributed by atoms with Crippen LogP contribution in [-0.4, -0.2) is 41.9 Å². The van der Waals surface area contributed by atoms with E-state index in [1.807, 2.05) is 18.2 Å². The molecule has 2 aliphatic heterocycles. The molecule has 0 radical (unpaired) electrons. The van der Waals surface area contributed by atoms with Crippen molar-refractivity contribution in [3.8, 4) is 0 Å². The zero-order chi connectivity index (χ0) is 18.6. The second kappa shape index (κ2) is 7.92. The van der Waals surface area contributed by atoms with Gasteiger partial charge >= 0.3 is 0 Å². The number of fused-ring (bicyclic) bond motifs is 1. The van der Waals surface area contributed by atoms with E-state index >= 15 is 0 Å². The average Bonchev–Trinajstić information content (AvgIpc) is 3.23. The van der Waals surface area contributed by atoms with Gasteiger partial charge in [0.05, 0.1) is 18.5 Å². The Labute approximate surface area is 157 Å². The number of benzene rings is 1. The van der Waals surface area contributed by atoms with Gasteiger partial charge in [-0.3, -0.25) is 9.59 Å². The SMILES string of the molecule is O=C(Cn1ncc(N2CCCC2)cc1=O)NCC1OCCc2ccccc21. The summed E-state index contributed by atoms with van der Waals surface area (Å²) in [6, 6.07) is 9.69. The third-order valence-corrected chi connectivity index (χ3v) is 5.20. The molecule has 1 unspecified atom stereocenters. The summed E-state index contributed by atoms with van der Waals surface area (Å²) in [7, 11) is 0. The summed E-state index contributed by atoms with van der Waals surface area (Å²) < 4.78 is 7.00. The van der Waals surface area contributed by atoms with Crippen LogP contribution in [-0.2, 0) is 22.5 Å². The second-order valence-corrected chi connectivity index (χ2v) is 7.02. The molecule has 1 aromatic carbocycles. The fourth-order valence-electron chi connectivity index (χ4n) is 3.74. The number of ether oxygens (including phenoxy) is 1. The van der Waals surface area contributed by atoms with Crippen LogP contribution in [0.25, 0.3) is 0 Å². The Morgan fingerprint density at radius 2 is 2.07 bits per heavy atom. The number of nitrogens with one attached hydrogen (secondary N) is 1. The summed E-state index contributed by atoms with van der Waals surface area (Å²) in [5, 5.41) is 7.03. The molecule has 0 aliphatic carbocycles. The lowest BCUT2D eigenvalue weighted by Crippen LogP contribution is -2.37. The van der Waals surface area contributed by atoms with Crippen molar-refractivity contribution in [2.45, 2.75) is 31.9 Å². The maximum atomic E-state index is 12.3. The maximum absolute atomic E-state index is 12.3. The zero-order valence-electron chi connectivity index (χ0n) is 15.3. The zero-order valence-corrected chi connectivity index (χ0v) is 15.3. The Kier molecular flexibility index (Phi) is 5.20. The van der Waals surface area contributed by atoms with Crippen molar-refractivity contribution in [3.05, 3.63) is 58.0 Å². The highest BCUT2D eigenvalue weighted by Crippen LogP contribution is 2.26. The van der Waals surface area contributed by atoms with Crippen molar-refractivity contribution in [1.29, 1.82) is 0 Å². The smallest absolute Gasteiger partial charge is 0.269 e. The maximum Gasteiger partial charge on any atom is 0.269 e. The second-order valence-electron chi connectivity index (χ2n) is 7.02. The van der Waals surface area contributed by atoms with Gasteiger partial charge in [0.2, 0.25) is 5.91 Å². The molecule has 1 fully saturated rings. The van der Waals surface area contributed by atoms with Crippen molar-refractivity contribution in [1.82, 2.24) is 15.1 Å². The van der Waals surface area contributed by atoms with Crippen LogP contribution in [0.15, 0.2) is 41.3 Å². The van der Waals surface area contributed by atoms with Gasteiger partial charge in [-0.15, -0.1) is 0 Å². The van der Waals surface area contributed by atoms with E-state index in [4.69, 9.17) is 4.74 Å². The normalized spacial score (nSPS) is 19.0. The first-order valence-electron chi connectivity index (χ1n) is 9.49. The van der Waals surface area contributed by atoms with Gasteiger partial charge in [0, 0.05) is 25.7 Å². The molecule has 1 saturated heterocycles. The molecule has 1 aromatic heterocycles. The highest BCUT2D eigenvalue weighted by molar-refractivity contribution is 5.75. The number of hydrogen-bond acceptors (Lipinski definition) is 5. The Bertz CT molecular complexity index is 874. The van der Waals surface area contributed by atoms with E-state index in [0.717, 1.165) is 43.6 Å². The van der Waals surface area contributed by atoms with Crippen LogP contribution in [0.5, 0.6) is 0 Å². The number of aromatic nitrogens is 2. The Morgan fingerprint density at radius 1 is 1.26 bits per heavy atom. The van der Waals surface area contributed by atoms with Crippen molar-refractivity contribution >= 4 is 11.6 Å². The monoisotopic (exact) mass is 368 g/mol. The van der Waals surface area contributed by atoms with Crippen molar-refractivity contribution in [3.63, 3.8) is 0 Å². The van der Waals surface area contributed by atoms with Crippen LogP contribution in [0.3, 0.4) is 0 Å². The molecule has 2 aromatic rings. The number of carbonyl (C=O) groups excluding carboxylic acids is 1. The van der Waals surface area contributed by atoms with Crippen LogP contribution >= 0.6 is 0 Å². The fourth-order valence-corrected chi connectivity index (χ4v) is 3.74. The molecule has 1 amide bonds. The van der Waals surface area contributed by atoms with Crippen LogP contribution in [0, 0.1) is 0 Å². The number of rotatable bonds is 5. The number of amides is 1. The highest BCUT2D eigenvalue weighted by Gasteiger charge is 2.21. The molecule has 7 heteroatoms. The number of anilines is 1. The van der Waals surface area contributed by atoms with E-state index < -0.39 is 0 Å². The lowest BCUT2D eigenvalue weighted by molar-refractivity contribution is -0.122. The summed E-state index contributed by atoms with van der Waals surface area (Å²) in [6.45, 7) is 2.85. The molecule has 0 saturated carbocycles. The molecule has 4 rings (SSSR count). The predicted octanol–water partition coefficient (Wildman–Crippen LogP) is 1.27. The van der Waals surface area contributed by atoms with Gasteiger partial charge in [0.1, 0.15) is 12.6 Å². The molecular formula is C20H24N4O3. The molecular weight excluding hydrogens is 344 g/mol. The lowest BCUT2D eigenvalue weighted by Gasteiger charge is -2.26. The van der Waals surface area contributed by atoms with Gasteiger partial charge in [-0.25, -0.2) is 4.68 Å². The van der Waals surface area contributed by atoms with E-state index in [-0.39, 0.29) is 24.1 Å². The summed E-state index contributed by atoms with van der Waals surface area (Å²) in [6.07, 6.45) is 4.68. The summed E-state index contributed by atoms with van der Waals surface area (Å²) in [5.74, 6) is -0.245. The Balaban J connectivity index is 1.35. The Hall–Kier alpha value is -2.67. The molecule has 1 atom stereocenters. The molecule has 27 heavy (non-hydrogen) atoms. The van der Waals surface area contributed by atoms with Crippen LogP contribution in [0.4, 0.5) is 5.69 Å². The van der Waals surface area contributed by atoms with Gasteiger partial charge in [-0.05, 0) is 30.4 Å². The van der Waals surface area contributed by atoms with Gasteiger partial charge in [-0.1, -0.05) is 24.3 Å². The van der Waals surface area contributed by atoms with E-state index in [9.17, 15) is 9.59 Å². The molecule has 0 bridgehead atoms. The van der Waals surface area contributed by atoms with E-state index in [2.05, 4.69) is 21.4 Å². The largest absolute Gasteiger partial charge is 0.371 e. The van der Waals surface area contributed by atoms with Gasteiger partial charge in [-0.2, -0.15) is 5.10 Å². The highest BCUT2D eigenvalue weighted by atomic mass is 16.5. The van der Waals surface area contributed by atoms with Gasteiger partial charge < -0.3 is 15.0 Å².